The van der Waals surface area contributed by atoms with Gasteiger partial charge in [0.05, 0.1) is 0 Å². The van der Waals surface area contributed by atoms with Gasteiger partial charge in [-0.05, 0) is 19.3 Å². The summed E-state index contributed by atoms with van der Waals surface area (Å²) in [4.78, 5) is 10.0. The van der Waals surface area contributed by atoms with Crippen LogP contribution in [0.3, 0.4) is 0 Å². The first-order chi connectivity index (χ1) is 23.6. The molecule has 0 aliphatic rings. The molecule has 3 nitrogen and oxygen atoms in total. The van der Waals surface area contributed by atoms with E-state index in [2.05, 4.69) is 20.8 Å². The highest BCUT2D eigenvalue weighted by Crippen LogP contribution is 2.17. The summed E-state index contributed by atoms with van der Waals surface area (Å²) in [5.41, 5.74) is 6.39. The Balaban J connectivity index is 0. The maximum atomic E-state index is 10.0. The zero-order valence-corrected chi connectivity index (χ0v) is 33.8. The van der Waals surface area contributed by atoms with Gasteiger partial charge in [0.1, 0.15) is 0 Å². The van der Waals surface area contributed by atoms with Crippen molar-refractivity contribution in [3.8, 4) is 0 Å². The standard InChI is InChI=1S/C37H77N.C8H16O2/c1-3-5-7-9-11-13-15-17-19-21-23-25-27-29-31-33-35-37(38)36-34-32-30-28-26-24-22-20-18-16-14-12-10-8-6-4-2;1-2-3-4-5-6-7-8(9)10/h37H,3-36,38H2,1-2H3;2-7H2,1H3,(H,9,10). The van der Waals surface area contributed by atoms with Crippen molar-refractivity contribution in [1.82, 2.24) is 0 Å². The molecular formula is C45H93NO2. The Morgan fingerprint density at radius 3 is 0.750 bits per heavy atom. The molecule has 0 heterocycles. The number of rotatable bonds is 40. The minimum absolute atomic E-state index is 0.337. The van der Waals surface area contributed by atoms with Crippen LogP contribution in [0, 0.1) is 0 Å². The average molecular weight is 680 g/mol. The summed E-state index contributed by atoms with van der Waals surface area (Å²) in [6.45, 7) is 6.76. The first-order valence-electron chi connectivity index (χ1n) is 22.6. The van der Waals surface area contributed by atoms with E-state index in [4.69, 9.17) is 10.8 Å². The highest BCUT2D eigenvalue weighted by molar-refractivity contribution is 5.66. The van der Waals surface area contributed by atoms with Crippen molar-refractivity contribution < 1.29 is 9.90 Å². The number of unbranched alkanes of at least 4 members (excludes halogenated alkanes) is 34. The predicted octanol–water partition coefficient (Wildman–Crippen LogP) is 16.0. The molecule has 0 rings (SSSR count). The van der Waals surface area contributed by atoms with E-state index in [1.807, 2.05) is 0 Å². The minimum atomic E-state index is -0.670. The molecule has 0 saturated carbocycles. The average Bonchev–Trinajstić information content (AvgIpc) is 3.08. The second kappa shape index (κ2) is 46.4. The van der Waals surface area contributed by atoms with E-state index in [0.717, 1.165) is 12.8 Å². The molecule has 48 heavy (non-hydrogen) atoms. The zero-order chi connectivity index (χ0) is 35.4. The molecule has 3 heteroatoms. The van der Waals surface area contributed by atoms with Gasteiger partial charge < -0.3 is 10.8 Å². The van der Waals surface area contributed by atoms with Crippen molar-refractivity contribution >= 4 is 5.97 Å². The third kappa shape index (κ3) is 49.8. The van der Waals surface area contributed by atoms with Crippen molar-refractivity contribution in [2.45, 2.75) is 284 Å². The van der Waals surface area contributed by atoms with E-state index in [9.17, 15) is 4.79 Å². The summed E-state index contributed by atoms with van der Waals surface area (Å²) in [5, 5.41) is 8.27. The summed E-state index contributed by atoms with van der Waals surface area (Å²) in [6, 6.07) is 0.466. The van der Waals surface area contributed by atoms with Gasteiger partial charge >= 0.3 is 5.97 Å². The lowest BCUT2D eigenvalue weighted by molar-refractivity contribution is -0.137. The predicted molar refractivity (Wildman–Crippen MR) is 217 cm³/mol. The van der Waals surface area contributed by atoms with Gasteiger partial charge in [-0.1, -0.05) is 252 Å². The van der Waals surface area contributed by atoms with Crippen LogP contribution in [0.5, 0.6) is 0 Å². The maximum Gasteiger partial charge on any atom is 0.303 e. The van der Waals surface area contributed by atoms with E-state index in [1.165, 1.54) is 238 Å². The molecule has 290 valence electrons. The molecule has 0 unspecified atom stereocenters. The van der Waals surface area contributed by atoms with Crippen LogP contribution in [-0.4, -0.2) is 17.1 Å². The zero-order valence-electron chi connectivity index (χ0n) is 33.8. The minimum Gasteiger partial charge on any atom is -0.481 e. The van der Waals surface area contributed by atoms with Crippen molar-refractivity contribution in [2.24, 2.45) is 5.73 Å². The Hall–Kier alpha value is -0.570. The Labute approximate surface area is 304 Å². The van der Waals surface area contributed by atoms with Gasteiger partial charge in [0, 0.05) is 12.5 Å². The number of nitrogens with two attached hydrogens (primary N) is 1. The van der Waals surface area contributed by atoms with E-state index in [0.29, 0.717) is 12.5 Å². The molecule has 0 aromatic rings. The van der Waals surface area contributed by atoms with Crippen molar-refractivity contribution in [1.29, 1.82) is 0 Å². The molecule has 0 aromatic heterocycles. The number of carboxylic acids is 1. The van der Waals surface area contributed by atoms with Crippen LogP contribution >= 0.6 is 0 Å². The topological polar surface area (TPSA) is 63.3 Å². The number of carbonyl (C=O) groups is 1. The lowest BCUT2D eigenvalue weighted by Crippen LogP contribution is -2.19. The summed E-state index contributed by atoms with van der Waals surface area (Å²) in [7, 11) is 0. The first-order valence-corrected chi connectivity index (χ1v) is 22.6. The van der Waals surface area contributed by atoms with Crippen LogP contribution in [-0.2, 0) is 4.79 Å². The molecule has 0 bridgehead atoms. The summed E-state index contributed by atoms with van der Waals surface area (Å²) in [6.07, 6.45) is 54.7. The molecular weight excluding hydrogens is 587 g/mol. The lowest BCUT2D eigenvalue weighted by atomic mass is 10.00. The molecule has 0 fully saturated rings. The van der Waals surface area contributed by atoms with Crippen LogP contribution < -0.4 is 5.73 Å². The van der Waals surface area contributed by atoms with Crippen molar-refractivity contribution in [2.75, 3.05) is 0 Å². The van der Waals surface area contributed by atoms with Gasteiger partial charge in [0.15, 0.2) is 0 Å². The van der Waals surface area contributed by atoms with Crippen LogP contribution in [0.2, 0.25) is 0 Å². The second-order valence-electron chi connectivity index (χ2n) is 15.5. The molecule has 0 aliphatic carbocycles. The highest BCUT2D eigenvalue weighted by atomic mass is 16.4. The van der Waals surface area contributed by atoms with Crippen molar-refractivity contribution in [3.63, 3.8) is 0 Å². The number of hydrogen-bond donors (Lipinski definition) is 2. The largest absolute Gasteiger partial charge is 0.481 e. The van der Waals surface area contributed by atoms with E-state index >= 15 is 0 Å². The molecule has 0 aliphatic heterocycles. The van der Waals surface area contributed by atoms with Gasteiger partial charge in [-0.25, -0.2) is 0 Å². The Kier molecular flexibility index (Phi) is 47.9. The molecule has 0 amide bonds. The van der Waals surface area contributed by atoms with E-state index in [1.54, 1.807) is 0 Å². The quantitative estimate of drug-likeness (QED) is 0.0634. The Bertz CT molecular complexity index is 529. The number of hydrogen-bond acceptors (Lipinski definition) is 2. The molecule has 0 radical (unpaired) electrons. The summed E-state index contributed by atoms with van der Waals surface area (Å²) >= 11 is 0. The van der Waals surface area contributed by atoms with Gasteiger partial charge in [-0.2, -0.15) is 0 Å². The normalized spacial score (nSPS) is 11.3. The van der Waals surface area contributed by atoms with Gasteiger partial charge in [0.2, 0.25) is 0 Å². The number of carboxylic acid groups (broad SMARTS) is 1. The number of aliphatic carboxylic acids is 1. The fourth-order valence-electron chi connectivity index (χ4n) is 6.93. The lowest BCUT2D eigenvalue weighted by Gasteiger charge is -2.11. The van der Waals surface area contributed by atoms with E-state index in [-0.39, 0.29) is 0 Å². The summed E-state index contributed by atoms with van der Waals surface area (Å²) < 4.78 is 0. The highest BCUT2D eigenvalue weighted by Gasteiger charge is 2.03. The van der Waals surface area contributed by atoms with Gasteiger partial charge in [-0.3, -0.25) is 4.79 Å². The van der Waals surface area contributed by atoms with Gasteiger partial charge in [-0.15, -0.1) is 0 Å². The monoisotopic (exact) mass is 680 g/mol. The van der Waals surface area contributed by atoms with Crippen molar-refractivity contribution in [3.05, 3.63) is 0 Å². The molecule has 3 N–H and O–H groups in total. The second-order valence-corrected chi connectivity index (χ2v) is 15.5. The third-order valence-corrected chi connectivity index (χ3v) is 10.4. The van der Waals surface area contributed by atoms with Crippen LogP contribution in [0.15, 0.2) is 0 Å². The smallest absolute Gasteiger partial charge is 0.303 e. The molecule has 0 saturated heterocycles. The molecule has 0 spiro atoms. The maximum absolute atomic E-state index is 10.0. The fraction of sp³-hybridized carbons (Fsp3) is 0.978. The van der Waals surface area contributed by atoms with Crippen LogP contribution in [0.1, 0.15) is 278 Å². The third-order valence-electron chi connectivity index (χ3n) is 10.4. The first kappa shape index (κ1) is 49.5. The van der Waals surface area contributed by atoms with Gasteiger partial charge in [0.25, 0.3) is 0 Å². The SMILES string of the molecule is CCCCCCCC(=O)O.CCCCCCCCCCCCCCCCCCC(N)CCCCCCCCCCCCCCCCCC. The van der Waals surface area contributed by atoms with E-state index < -0.39 is 5.97 Å². The fourth-order valence-corrected chi connectivity index (χ4v) is 6.93. The van der Waals surface area contributed by atoms with Crippen LogP contribution in [0.25, 0.3) is 0 Å². The Morgan fingerprint density at radius 1 is 0.354 bits per heavy atom. The van der Waals surface area contributed by atoms with Crippen LogP contribution in [0.4, 0.5) is 0 Å². The molecule has 0 aromatic carbocycles. The summed E-state index contributed by atoms with van der Waals surface area (Å²) in [5.74, 6) is -0.670. The Morgan fingerprint density at radius 2 is 0.542 bits per heavy atom. The molecule has 0 atom stereocenters.